The van der Waals surface area contributed by atoms with Crippen molar-refractivity contribution >= 4 is 17.8 Å². The highest BCUT2D eigenvalue weighted by Crippen LogP contribution is 2.24. The van der Waals surface area contributed by atoms with Crippen LogP contribution in [0.25, 0.3) is 0 Å². The van der Waals surface area contributed by atoms with Gasteiger partial charge in [-0.25, -0.2) is 4.79 Å². The van der Waals surface area contributed by atoms with Gasteiger partial charge in [0.05, 0.1) is 0 Å². The fraction of sp³-hybridized carbons (Fsp3) is 0.812. The average molecular weight is 312 g/mol. The van der Waals surface area contributed by atoms with Crippen LogP contribution in [0.3, 0.4) is 0 Å². The first-order valence-electron chi connectivity index (χ1n) is 8.12. The quantitative estimate of drug-likeness (QED) is 0.635. The first-order chi connectivity index (χ1) is 10.3. The third-order valence-corrected chi connectivity index (χ3v) is 3.95. The van der Waals surface area contributed by atoms with Gasteiger partial charge in [0.15, 0.2) is 0 Å². The molecule has 0 aromatic rings. The van der Waals surface area contributed by atoms with Gasteiger partial charge in [-0.2, -0.15) is 0 Å². The van der Waals surface area contributed by atoms with Crippen LogP contribution < -0.4 is 10.6 Å². The third kappa shape index (κ3) is 6.45. The lowest BCUT2D eigenvalue weighted by Crippen LogP contribution is -2.45. The van der Waals surface area contributed by atoms with E-state index in [2.05, 4.69) is 10.6 Å². The van der Waals surface area contributed by atoms with E-state index in [0.29, 0.717) is 6.42 Å². The fourth-order valence-corrected chi connectivity index (χ4v) is 2.82. The average Bonchev–Trinajstić information content (AvgIpc) is 2.90. The van der Waals surface area contributed by atoms with E-state index < -0.39 is 12.0 Å². The zero-order valence-electron chi connectivity index (χ0n) is 13.7. The smallest absolute Gasteiger partial charge is 0.326 e. The van der Waals surface area contributed by atoms with Crippen LogP contribution in [-0.2, 0) is 14.4 Å². The van der Waals surface area contributed by atoms with Gasteiger partial charge in [0.1, 0.15) is 6.04 Å². The zero-order valence-corrected chi connectivity index (χ0v) is 13.7. The summed E-state index contributed by atoms with van der Waals surface area (Å²) in [4.78, 5) is 35.0. The highest BCUT2D eigenvalue weighted by atomic mass is 16.4. The van der Waals surface area contributed by atoms with Crippen LogP contribution in [0, 0.1) is 11.8 Å². The molecule has 0 aliphatic heterocycles. The van der Waals surface area contributed by atoms with Gasteiger partial charge in [0, 0.05) is 18.4 Å². The van der Waals surface area contributed by atoms with Gasteiger partial charge in [0.2, 0.25) is 11.8 Å². The minimum atomic E-state index is -1.02. The summed E-state index contributed by atoms with van der Waals surface area (Å²) in [5.41, 5.74) is 0. The largest absolute Gasteiger partial charge is 0.480 e. The monoisotopic (exact) mass is 312 g/mol. The Balaban J connectivity index is 2.38. The summed E-state index contributed by atoms with van der Waals surface area (Å²) < 4.78 is 0. The summed E-state index contributed by atoms with van der Waals surface area (Å²) in [5, 5.41) is 14.5. The fourth-order valence-electron chi connectivity index (χ4n) is 2.82. The molecule has 0 aromatic heterocycles. The molecule has 6 heteroatoms. The van der Waals surface area contributed by atoms with Crippen molar-refractivity contribution < 1.29 is 19.5 Å². The third-order valence-electron chi connectivity index (χ3n) is 3.95. The number of carboxylic acid groups (broad SMARTS) is 1. The number of nitrogens with one attached hydrogen (secondary N) is 2. The molecule has 2 atom stereocenters. The van der Waals surface area contributed by atoms with Crippen LogP contribution in [-0.4, -0.2) is 35.0 Å². The summed E-state index contributed by atoms with van der Waals surface area (Å²) in [6.07, 6.45) is 4.50. The minimum absolute atomic E-state index is 0.00904. The predicted octanol–water partition coefficient (Wildman–Crippen LogP) is 1.69. The van der Waals surface area contributed by atoms with Crippen LogP contribution >= 0.6 is 0 Å². The second-order valence-corrected chi connectivity index (χ2v) is 6.68. The Morgan fingerprint density at radius 1 is 1.09 bits per heavy atom. The Bertz CT molecular complexity index is 403. The molecule has 1 rings (SSSR count). The normalized spacial score (nSPS) is 18.0. The Hall–Kier alpha value is -1.59. The number of hydrogen-bond acceptors (Lipinski definition) is 3. The van der Waals surface area contributed by atoms with Crippen molar-refractivity contribution in [1.29, 1.82) is 0 Å². The number of aliphatic carboxylic acids is 1. The molecular formula is C16H28N2O4. The van der Waals surface area contributed by atoms with E-state index >= 15 is 0 Å². The summed E-state index contributed by atoms with van der Waals surface area (Å²) >= 11 is 0. The lowest BCUT2D eigenvalue weighted by molar-refractivity contribution is -0.142. The summed E-state index contributed by atoms with van der Waals surface area (Å²) in [7, 11) is 0. The lowest BCUT2D eigenvalue weighted by atomic mass is 10.0. The van der Waals surface area contributed by atoms with Crippen LogP contribution in [0.15, 0.2) is 0 Å². The van der Waals surface area contributed by atoms with E-state index in [9.17, 15) is 14.4 Å². The molecule has 0 bridgehead atoms. The van der Waals surface area contributed by atoms with E-state index in [1.807, 2.05) is 13.8 Å². The Morgan fingerprint density at radius 3 is 2.18 bits per heavy atom. The van der Waals surface area contributed by atoms with Gasteiger partial charge in [0.25, 0.3) is 0 Å². The molecule has 0 spiro atoms. The van der Waals surface area contributed by atoms with Gasteiger partial charge in [-0.3, -0.25) is 9.59 Å². The molecule has 1 saturated carbocycles. The maximum absolute atomic E-state index is 12.0. The minimum Gasteiger partial charge on any atom is -0.480 e. The maximum Gasteiger partial charge on any atom is 0.326 e. The molecule has 0 heterocycles. The topological polar surface area (TPSA) is 95.5 Å². The van der Waals surface area contributed by atoms with Crippen LogP contribution in [0.4, 0.5) is 0 Å². The van der Waals surface area contributed by atoms with Crippen LogP contribution in [0.2, 0.25) is 0 Å². The second-order valence-electron chi connectivity index (χ2n) is 6.68. The second kappa shape index (κ2) is 8.76. The van der Waals surface area contributed by atoms with E-state index in [0.717, 1.165) is 25.7 Å². The summed E-state index contributed by atoms with van der Waals surface area (Å²) in [6, 6.07) is -1.16. The first kappa shape index (κ1) is 18.5. The van der Waals surface area contributed by atoms with Crippen LogP contribution in [0.5, 0.6) is 0 Å². The number of carbonyl (C=O) groups excluding carboxylic acids is 2. The zero-order chi connectivity index (χ0) is 16.7. The Morgan fingerprint density at radius 2 is 1.68 bits per heavy atom. The van der Waals surface area contributed by atoms with Gasteiger partial charge in [-0.1, -0.05) is 26.7 Å². The van der Waals surface area contributed by atoms with E-state index in [1.165, 1.54) is 0 Å². The van der Waals surface area contributed by atoms with Gasteiger partial charge in [-0.05, 0) is 32.1 Å². The molecule has 1 aliphatic carbocycles. The van der Waals surface area contributed by atoms with E-state index in [4.69, 9.17) is 5.11 Å². The summed E-state index contributed by atoms with van der Waals surface area (Å²) in [5.74, 6) is -1.11. The molecular weight excluding hydrogens is 284 g/mol. The van der Waals surface area contributed by atoms with Gasteiger partial charge >= 0.3 is 5.97 Å². The van der Waals surface area contributed by atoms with Crippen molar-refractivity contribution in [3.63, 3.8) is 0 Å². The molecule has 1 unspecified atom stereocenters. The number of hydrogen-bond donors (Lipinski definition) is 3. The van der Waals surface area contributed by atoms with Crippen molar-refractivity contribution in [1.82, 2.24) is 10.6 Å². The van der Waals surface area contributed by atoms with Crippen molar-refractivity contribution in [2.45, 2.75) is 71.4 Å². The van der Waals surface area contributed by atoms with Crippen molar-refractivity contribution in [2.75, 3.05) is 0 Å². The van der Waals surface area contributed by atoms with E-state index in [-0.39, 0.29) is 36.1 Å². The molecule has 0 saturated heterocycles. The van der Waals surface area contributed by atoms with Crippen molar-refractivity contribution in [2.24, 2.45) is 11.8 Å². The predicted molar refractivity (Wildman–Crippen MR) is 83.2 cm³/mol. The maximum atomic E-state index is 12.0. The highest BCUT2D eigenvalue weighted by Gasteiger charge is 2.25. The van der Waals surface area contributed by atoms with Crippen molar-refractivity contribution in [3.05, 3.63) is 0 Å². The molecule has 1 aliphatic rings. The van der Waals surface area contributed by atoms with Crippen molar-refractivity contribution in [3.8, 4) is 0 Å². The number of amides is 2. The molecule has 1 fully saturated rings. The number of rotatable bonds is 8. The van der Waals surface area contributed by atoms with Crippen LogP contribution in [0.1, 0.15) is 59.3 Å². The first-order valence-corrected chi connectivity index (χ1v) is 8.12. The Labute approximate surface area is 132 Å². The number of carbonyl (C=O) groups is 3. The SMILES string of the molecule is CC(C)C[C@@H](NC(=O)CC(C)NC(=O)C1CCCC1)C(=O)O. The molecule has 0 radical (unpaired) electrons. The molecule has 6 nitrogen and oxygen atoms in total. The molecule has 2 amide bonds. The highest BCUT2D eigenvalue weighted by molar-refractivity contribution is 5.84. The number of carboxylic acids is 1. The molecule has 0 aromatic carbocycles. The molecule has 126 valence electrons. The Kier molecular flexibility index (Phi) is 7.35. The summed E-state index contributed by atoms with van der Waals surface area (Å²) in [6.45, 7) is 5.59. The van der Waals surface area contributed by atoms with Gasteiger partial charge in [-0.15, -0.1) is 0 Å². The standard InChI is InChI=1S/C16H28N2O4/c1-10(2)8-13(16(21)22)18-14(19)9-11(3)17-15(20)12-6-4-5-7-12/h10-13H,4-9H2,1-3H3,(H,17,20)(H,18,19)(H,21,22)/t11?,13-/m1/s1. The lowest BCUT2D eigenvalue weighted by Gasteiger charge is -2.19. The van der Waals surface area contributed by atoms with Gasteiger partial charge < -0.3 is 15.7 Å². The molecule has 22 heavy (non-hydrogen) atoms. The van der Waals surface area contributed by atoms with E-state index in [1.54, 1.807) is 6.92 Å². The molecule has 3 N–H and O–H groups in total.